The van der Waals surface area contributed by atoms with E-state index in [4.69, 9.17) is 9.47 Å². The summed E-state index contributed by atoms with van der Waals surface area (Å²) in [5.74, 6) is 1.14. The number of likely N-dealkylation sites (tertiary alicyclic amines) is 1. The van der Waals surface area contributed by atoms with Crippen LogP contribution in [0.2, 0.25) is 0 Å². The Morgan fingerprint density at radius 1 is 1.24 bits per heavy atom. The zero-order valence-corrected chi connectivity index (χ0v) is 10.6. The molecule has 0 spiro atoms. The molecule has 0 aromatic carbocycles. The minimum atomic E-state index is 0.360. The maximum Gasteiger partial charge on any atom is 0.319 e. The minimum absolute atomic E-state index is 0.360. The van der Waals surface area contributed by atoms with Gasteiger partial charge in [-0.15, -0.1) is 0 Å². The van der Waals surface area contributed by atoms with E-state index in [2.05, 4.69) is 21.9 Å². The lowest BCUT2D eigenvalue weighted by molar-refractivity contribution is 0.250. The molecule has 5 heteroatoms. The largest absolute Gasteiger partial charge is 0.481 e. The lowest BCUT2D eigenvalue weighted by atomic mass is 9.91. The van der Waals surface area contributed by atoms with Gasteiger partial charge in [0.15, 0.2) is 0 Å². The number of aromatic nitrogens is 2. The standard InChI is InChI=1S/C12H19N3O2/c1-15-6-4-9(5-7-15)10-8-13-12(17-3)14-11(10)16-2/h8-9H,4-7H2,1-3H3. The molecule has 0 saturated carbocycles. The van der Waals surface area contributed by atoms with E-state index < -0.39 is 0 Å². The molecule has 0 bridgehead atoms. The quantitative estimate of drug-likeness (QED) is 0.793. The zero-order valence-electron chi connectivity index (χ0n) is 10.6. The Balaban J connectivity index is 2.19. The van der Waals surface area contributed by atoms with E-state index in [1.165, 1.54) is 0 Å². The van der Waals surface area contributed by atoms with E-state index in [-0.39, 0.29) is 0 Å². The number of methoxy groups -OCH3 is 2. The molecule has 1 aromatic rings. The molecule has 0 aliphatic carbocycles. The first-order valence-electron chi connectivity index (χ1n) is 5.88. The molecule has 0 radical (unpaired) electrons. The molecular weight excluding hydrogens is 218 g/mol. The van der Waals surface area contributed by atoms with E-state index in [0.717, 1.165) is 31.5 Å². The minimum Gasteiger partial charge on any atom is -0.481 e. The first kappa shape index (κ1) is 12.1. The SMILES string of the molecule is COc1ncc(C2CCN(C)CC2)c(OC)n1. The Hall–Kier alpha value is -1.36. The summed E-state index contributed by atoms with van der Waals surface area (Å²) >= 11 is 0. The molecule has 0 atom stereocenters. The summed E-state index contributed by atoms with van der Waals surface area (Å²) in [5.41, 5.74) is 1.10. The molecule has 0 unspecified atom stereocenters. The monoisotopic (exact) mass is 237 g/mol. The Labute approximate surface area is 102 Å². The second-order valence-corrected chi connectivity index (χ2v) is 4.40. The van der Waals surface area contributed by atoms with Crippen molar-refractivity contribution in [2.75, 3.05) is 34.4 Å². The van der Waals surface area contributed by atoms with Gasteiger partial charge >= 0.3 is 6.01 Å². The molecule has 0 amide bonds. The van der Waals surface area contributed by atoms with Crippen LogP contribution in [-0.2, 0) is 0 Å². The fourth-order valence-corrected chi connectivity index (χ4v) is 2.22. The second kappa shape index (κ2) is 5.31. The van der Waals surface area contributed by atoms with Crippen LogP contribution in [0.5, 0.6) is 11.9 Å². The van der Waals surface area contributed by atoms with E-state index in [9.17, 15) is 0 Å². The average Bonchev–Trinajstić information content (AvgIpc) is 2.39. The fraction of sp³-hybridized carbons (Fsp3) is 0.667. The van der Waals surface area contributed by atoms with Crippen molar-refractivity contribution in [2.24, 2.45) is 0 Å². The molecular formula is C12H19N3O2. The number of hydrogen-bond donors (Lipinski definition) is 0. The average molecular weight is 237 g/mol. The van der Waals surface area contributed by atoms with Crippen LogP contribution in [0.25, 0.3) is 0 Å². The normalized spacial score (nSPS) is 18.1. The third-order valence-electron chi connectivity index (χ3n) is 3.29. The molecule has 94 valence electrons. The maximum atomic E-state index is 5.32. The Morgan fingerprint density at radius 2 is 1.94 bits per heavy atom. The third-order valence-corrected chi connectivity index (χ3v) is 3.29. The highest BCUT2D eigenvalue weighted by Crippen LogP contribution is 2.32. The summed E-state index contributed by atoms with van der Waals surface area (Å²) in [4.78, 5) is 10.7. The van der Waals surface area contributed by atoms with Gasteiger partial charge in [0.25, 0.3) is 0 Å². The van der Waals surface area contributed by atoms with Gasteiger partial charge in [0.05, 0.1) is 14.2 Å². The van der Waals surface area contributed by atoms with E-state index in [0.29, 0.717) is 17.8 Å². The smallest absolute Gasteiger partial charge is 0.319 e. The molecule has 0 N–H and O–H groups in total. The third kappa shape index (κ3) is 2.66. The van der Waals surface area contributed by atoms with Crippen LogP contribution in [0.4, 0.5) is 0 Å². The van der Waals surface area contributed by atoms with Crippen LogP contribution in [0, 0.1) is 0 Å². The fourth-order valence-electron chi connectivity index (χ4n) is 2.22. The Morgan fingerprint density at radius 3 is 2.53 bits per heavy atom. The van der Waals surface area contributed by atoms with E-state index in [1.54, 1.807) is 14.2 Å². The highest BCUT2D eigenvalue weighted by atomic mass is 16.5. The van der Waals surface area contributed by atoms with Gasteiger partial charge in [-0.3, -0.25) is 0 Å². The molecule has 1 fully saturated rings. The first-order valence-corrected chi connectivity index (χ1v) is 5.88. The molecule has 1 aliphatic heterocycles. The van der Waals surface area contributed by atoms with Gasteiger partial charge in [-0.05, 0) is 38.9 Å². The summed E-state index contributed by atoms with van der Waals surface area (Å²) in [6.45, 7) is 2.22. The van der Waals surface area contributed by atoms with Crippen molar-refractivity contribution in [1.29, 1.82) is 0 Å². The van der Waals surface area contributed by atoms with Crippen LogP contribution in [0.15, 0.2) is 6.20 Å². The van der Waals surface area contributed by atoms with Crippen LogP contribution < -0.4 is 9.47 Å². The van der Waals surface area contributed by atoms with Crippen molar-refractivity contribution in [2.45, 2.75) is 18.8 Å². The van der Waals surface area contributed by atoms with Crippen molar-refractivity contribution in [3.8, 4) is 11.9 Å². The summed E-state index contributed by atoms with van der Waals surface area (Å²) < 4.78 is 10.3. The summed E-state index contributed by atoms with van der Waals surface area (Å²) in [6.07, 6.45) is 4.09. The lowest BCUT2D eigenvalue weighted by Gasteiger charge is -2.29. The summed E-state index contributed by atoms with van der Waals surface area (Å²) in [7, 11) is 5.35. The predicted octanol–water partition coefficient (Wildman–Crippen LogP) is 1.30. The lowest BCUT2D eigenvalue weighted by Crippen LogP contribution is -2.29. The van der Waals surface area contributed by atoms with Crippen molar-refractivity contribution in [3.05, 3.63) is 11.8 Å². The van der Waals surface area contributed by atoms with Crippen LogP contribution >= 0.6 is 0 Å². The van der Waals surface area contributed by atoms with E-state index >= 15 is 0 Å². The van der Waals surface area contributed by atoms with Crippen LogP contribution in [-0.4, -0.2) is 49.2 Å². The number of hydrogen-bond acceptors (Lipinski definition) is 5. The van der Waals surface area contributed by atoms with Crippen molar-refractivity contribution < 1.29 is 9.47 Å². The van der Waals surface area contributed by atoms with Crippen LogP contribution in [0.1, 0.15) is 24.3 Å². The second-order valence-electron chi connectivity index (χ2n) is 4.40. The Kier molecular flexibility index (Phi) is 3.78. The van der Waals surface area contributed by atoms with Crippen molar-refractivity contribution in [1.82, 2.24) is 14.9 Å². The van der Waals surface area contributed by atoms with E-state index in [1.807, 2.05) is 6.20 Å². The first-order chi connectivity index (χ1) is 8.24. The molecule has 2 rings (SSSR count). The maximum absolute atomic E-state index is 5.32. The Bertz CT molecular complexity index is 376. The molecule has 17 heavy (non-hydrogen) atoms. The topological polar surface area (TPSA) is 47.5 Å². The highest BCUT2D eigenvalue weighted by Gasteiger charge is 2.22. The van der Waals surface area contributed by atoms with Gasteiger partial charge in [0.2, 0.25) is 5.88 Å². The van der Waals surface area contributed by atoms with Crippen molar-refractivity contribution >= 4 is 0 Å². The molecule has 1 aromatic heterocycles. The van der Waals surface area contributed by atoms with Gasteiger partial charge in [0, 0.05) is 11.8 Å². The molecule has 1 aliphatic rings. The van der Waals surface area contributed by atoms with Gasteiger partial charge in [-0.25, -0.2) is 4.98 Å². The predicted molar refractivity (Wildman–Crippen MR) is 64.6 cm³/mol. The zero-order chi connectivity index (χ0) is 12.3. The van der Waals surface area contributed by atoms with Crippen molar-refractivity contribution in [3.63, 3.8) is 0 Å². The van der Waals surface area contributed by atoms with Gasteiger partial charge in [0.1, 0.15) is 0 Å². The van der Waals surface area contributed by atoms with Gasteiger partial charge in [-0.2, -0.15) is 4.98 Å². The van der Waals surface area contributed by atoms with Gasteiger partial charge < -0.3 is 14.4 Å². The highest BCUT2D eigenvalue weighted by molar-refractivity contribution is 5.29. The number of nitrogens with zero attached hydrogens (tertiary/aromatic N) is 3. The summed E-state index contributed by atoms with van der Waals surface area (Å²) in [5, 5.41) is 0. The molecule has 2 heterocycles. The summed E-state index contributed by atoms with van der Waals surface area (Å²) in [6, 6.07) is 0.360. The number of rotatable bonds is 3. The van der Waals surface area contributed by atoms with Gasteiger partial charge in [-0.1, -0.05) is 0 Å². The molecule has 5 nitrogen and oxygen atoms in total. The number of piperidine rings is 1. The van der Waals surface area contributed by atoms with Crippen LogP contribution in [0.3, 0.4) is 0 Å². The molecule has 1 saturated heterocycles. The number of ether oxygens (including phenoxy) is 2.